The Balaban J connectivity index is 2.26. The normalized spacial score (nSPS) is 23.2. The van der Waals surface area contributed by atoms with Gasteiger partial charge in [-0.15, -0.1) is 0 Å². The van der Waals surface area contributed by atoms with Gasteiger partial charge in [-0.1, -0.05) is 20.3 Å². The lowest BCUT2D eigenvalue weighted by atomic mass is 9.99. The van der Waals surface area contributed by atoms with E-state index in [1.54, 1.807) is 0 Å². The number of piperidine rings is 1. The van der Waals surface area contributed by atoms with Crippen LogP contribution in [0, 0.1) is 5.92 Å². The minimum absolute atomic E-state index is 0.642. The molecular weight excluding hydrogens is 234 g/mol. The first-order chi connectivity index (χ1) is 8.99. The molecule has 1 N–H and O–H groups in total. The Morgan fingerprint density at radius 3 is 2.58 bits per heavy atom. The number of likely N-dealkylation sites (tertiary alicyclic amines) is 1. The van der Waals surface area contributed by atoms with E-state index >= 15 is 0 Å². The first kappa shape index (κ1) is 16.9. The van der Waals surface area contributed by atoms with Gasteiger partial charge in [-0.2, -0.15) is 0 Å². The fraction of sp³-hybridized carbons (Fsp3) is 1.00. The lowest BCUT2D eigenvalue weighted by Gasteiger charge is -2.33. The molecule has 0 aromatic carbocycles. The summed E-state index contributed by atoms with van der Waals surface area (Å²) in [6, 6.07) is 1.45. The number of likely N-dealkylation sites (N-methyl/N-ethyl adjacent to an activating group) is 1. The van der Waals surface area contributed by atoms with Crippen LogP contribution in [0.1, 0.15) is 46.0 Å². The monoisotopic (exact) mass is 269 g/mol. The highest BCUT2D eigenvalue weighted by Crippen LogP contribution is 2.17. The van der Waals surface area contributed by atoms with Crippen molar-refractivity contribution in [2.24, 2.45) is 5.92 Å². The predicted octanol–water partition coefficient (Wildman–Crippen LogP) is 2.43. The molecule has 1 rings (SSSR count). The van der Waals surface area contributed by atoms with Crippen molar-refractivity contribution in [1.29, 1.82) is 0 Å². The molecule has 1 aliphatic heterocycles. The smallest absolute Gasteiger partial charge is 0.0197 e. The lowest BCUT2D eigenvalue weighted by Crippen LogP contribution is -2.43. The van der Waals surface area contributed by atoms with E-state index in [1.807, 2.05) is 0 Å². The molecule has 2 atom stereocenters. The standard InChI is InChI=1S/C16H35N3/c1-14(2)12-15(13-18(3)4)17-10-9-16-8-6-7-11-19(16)5/h14-17H,6-13H2,1-5H3. The third kappa shape index (κ3) is 7.28. The zero-order valence-electron chi connectivity index (χ0n) is 13.8. The van der Waals surface area contributed by atoms with Crippen LogP contribution >= 0.6 is 0 Å². The van der Waals surface area contributed by atoms with E-state index in [0.29, 0.717) is 6.04 Å². The topological polar surface area (TPSA) is 18.5 Å². The Hall–Kier alpha value is -0.120. The van der Waals surface area contributed by atoms with Crippen LogP contribution in [0.4, 0.5) is 0 Å². The van der Waals surface area contributed by atoms with Crippen LogP contribution < -0.4 is 5.32 Å². The maximum Gasteiger partial charge on any atom is 0.0197 e. The fourth-order valence-electron chi connectivity index (χ4n) is 3.20. The van der Waals surface area contributed by atoms with Gasteiger partial charge in [0.05, 0.1) is 0 Å². The lowest BCUT2D eigenvalue weighted by molar-refractivity contribution is 0.172. The van der Waals surface area contributed by atoms with Crippen molar-refractivity contribution < 1.29 is 0 Å². The van der Waals surface area contributed by atoms with Crippen LogP contribution in [0.2, 0.25) is 0 Å². The summed E-state index contributed by atoms with van der Waals surface area (Å²) in [5.74, 6) is 0.773. The van der Waals surface area contributed by atoms with Crippen molar-refractivity contribution in [2.75, 3.05) is 40.8 Å². The molecule has 1 heterocycles. The molecule has 1 saturated heterocycles. The second kappa shape index (κ2) is 8.93. The average molecular weight is 269 g/mol. The Bertz CT molecular complexity index is 218. The molecule has 0 aromatic rings. The minimum atomic E-state index is 0.642. The molecule has 114 valence electrons. The van der Waals surface area contributed by atoms with Gasteiger partial charge in [0, 0.05) is 18.6 Å². The highest BCUT2D eigenvalue weighted by molar-refractivity contribution is 4.77. The third-order valence-corrected chi connectivity index (χ3v) is 4.17. The van der Waals surface area contributed by atoms with Gasteiger partial charge in [0.15, 0.2) is 0 Å². The molecule has 0 bridgehead atoms. The van der Waals surface area contributed by atoms with Crippen LogP contribution in [0.3, 0.4) is 0 Å². The van der Waals surface area contributed by atoms with Gasteiger partial charge in [-0.05, 0) is 65.8 Å². The van der Waals surface area contributed by atoms with E-state index in [-0.39, 0.29) is 0 Å². The molecular formula is C16H35N3. The summed E-state index contributed by atoms with van der Waals surface area (Å²) in [7, 11) is 6.63. The highest BCUT2D eigenvalue weighted by Gasteiger charge is 2.19. The van der Waals surface area contributed by atoms with Crippen LogP contribution in [-0.4, -0.2) is 62.7 Å². The van der Waals surface area contributed by atoms with Crippen molar-refractivity contribution in [3.05, 3.63) is 0 Å². The summed E-state index contributed by atoms with van der Waals surface area (Å²) in [4.78, 5) is 4.85. The van der Waals surface area contributed by atoms with Gasteiger partial charge in [0.2, 0.25) is 0 Å². The van der Waals surface area contributed by atoms with Gasteiger partial charge < -0.3 is 15.1 Å². The molecule has 0 aliphatic carbocycles. The quantitative estimate of drug-likeness (QED) is 0.730. The van der Waals surface area contributed by atoms with Gasteiger partial charge in [0.25, 0.3) is 0 Å². The van der Waals surface area contributed by atoms with Gasteiger partial charge in [0.1, 0.15) is 0 Å². The molecule has 1 fully saturated rings. The van der Waals surface area contributed by atoms with E-state index in [4.69, 9.17) is 0 Å². The Labute approximate surface area is 120 Å². The second-order valence-electron chi connectivity index (χ2n) is 6.96. The van der Waals surface area contributed by atoms with Crippen LogP contribution in [0.5, 0.6) is 0 Å². The van der Waals surface area contributed by atoms with E-state index in [0.717, 1.165) is 18.5 Å². The zero-order chi connectivity index (χ0) is 14.3. The molecule has 0 amide bonds. The Morgan fingerprint density at radius 2 is 2.00 bits per heavy atom. The first-order valence-corrected chi connectivity index (χ1v) is 8.07. The Morgan fingerprint density at radius 1 is 1.26 bits per heavy atom. The van der Waals surface area contributed by atoms with Crippen molar-refractivity contribution >= 4 is 0 Å². The zero-order valence-corrected chi connectivity index (χ0v) is 13.8. The van der Waals surface area contributed by atoms with E-state index in [9.17, 15) is 0 Å². The summed E-state index contributed by atoms with van der Waals surface area (Å²) in [5, 5.41) is 3.78. The minimum Gasteiger partial charge on any atom is -0.313 e. The summed E-state index contributed by atoms with van der Waals surface area (Å²) in [6.45, 7) is 8.25. The number of nitrogens with one attached hydrogen (secondary N) is 1. The molecule has 1 aliphatic rings. The third-order valence-electron chi connectivity index (χ3n) is 4.17. The van der Waals surface area contributed by atoms with Crippen LogP contribution in [0.15, 0.2) is 0 Å². The molecule has 19 heavy (non-hydrogen) atoms. The van der Waals surface area contributed by atoms with Gasteiger partial charge in [-0.25, -0.2) is 0 Å². The van der Waals surface area contributed by atoms with E-state index in [1.165, 1.54) is 45.2 Å². The number of hydrogen-bond donors (Lipinski definition) is 1. The average Bonchev–Trinajstić information content (AvgIpc) is 2.30. The van der Waals surface area contributed by atoms with Crippen molar-refractivity contribution in [3.63, 3.8) is 0 Å². The van der Waals surface area contributed by atoms with Crippen molar-refractivity contribution in [1.82, 2.24) is 15.1 Å². The van der Waals surface area contributed by atoms with E-state index < -0.39 is 0 Å². The summed E-state index contributed by atoms with van der Waals surface area (Å²) in [6.07, 6.45) is 6.77. The number of rotatable bonds is 8. The molecule has 0 saturated carbocycles. The molecule has 0 radical (unpaired) electrons. The molecule has 3 nitrogen and oxygen atoms in total. The molecule has 0 aromatic heterocycles. The number of nitrogens with zero attached hydrogens (tertiary/aromatic N) is 2. The highest BCUT2D eigenvalue weighted by atomic mass is 15.1. The van der Waals surface area contributed by atoms with E-state index in [2.05, 4.69) is 50.1 Å². The second-order valence-corrected chi connectivity index (χ2v) is 6.96. The number of hydrogen-bond acceptors (Lipinski definition) is 3. The first-order valence-electron chi connectivity index (χ1n) is 8.07. The van der Waals surface area contributed by atoms with Crippen molar-refractivity contribution in [2.45, 2.75) is 58.0 Å². The summed E-state index contributed by atoms with van der Waals surface area (Å²) < 4.78 is 0. The summed E-state index contributed by atoms with van der Waals surface area (Å²) >= 11 is 0. The van der Waals surface area contributed by atoms with Crippen LogP contribution in [0.25, 0.3) is 0 Å². The maximum atomic E-state index is 3.78. The molecule has 2 unspecified atom stereocenters. The predicted molar refractivity (Wildman–Crippen MR) is 84.7 cm³/mol. The SMILES string of the molecule is CC(C)CC(CN(C)C)NCCC1CCCCN1C. The molecule has 0 spiro atoms. The Kier molecular flexibility index (Phi) is 7.96. The van der Waals surface area contributed by atoms with Gasteiger partial charge in [-0.3, -0.25) is 0 Å². The molecule has 3 heteroatoms. The van der Waals surface area contributed by atoms with Gasteiger partial charge >= 0.3 is 0 Å². The van der Waals surface area contributed by atoms with Crippen molar-refractivity contribution in [3.8, 4) is 0 Å². The maximum absolute atomic E-state index is 3.78. The largest absolute Gasteiger partial charge is 0.313 e. The van der Waals surface area contributed by atoms with Crippen LogP contribution in [-0.2, 0) is 0 Å². The fourth-order valence-corrected chi connectivity index (χ4v) is 3.20. The summed E-state index contributed by atoms with van der Waals surface area (Å²) in [5.41, 5.74) is 0.